The molecule has 0 aromatic heterocycles. The van der Waals surface area contributed by atoms with E-state index < -0.39 is 5.69 Å². The van der Waals surface area contributed by atoms with Gasteiger partial charge < -0.3 is 9.05 Å². The average Bonchev–Trinajstić information content (AvgIpc) is 2.22. The van der Waals surface area contributed by atoms with Gasteiger partial charge in [-0.1, -0.05) is 11.6 Å². The zero-order valence-corrected chi connectivity index (χ0v) is 12.5. The minimum Gasteiger partial charge on any atom is -0.322 e. The van der Waals surface area contributed by atoms with E-state index in [9.17, 15) is 0 Å². The third-order valence-electron chi connectivity index (χ3n) is 1.61. The van der Waals surface area contributed by atoms with E-state index in [1.54, 1.807) is 0 Å². The summed E-state index contributed by atoms with van der Waals surface area (Å²) in [5.74, 6) is 0. The molecule has 0 radical (unpaired) electrons. The fourth-order valence-electron chi connectivity index (χ4n) is 1.03. The Morgan fingerprint density at radius 3 is 2.12 bits per heavy atom. The Bertz CT molecular complexity index is 360. The van der Waals surface area contributed by atoms with Crippen LogP contribution in [0.1, 0.15) is 13.8 Å². The predicted octanol–water partition coefficient (Wildman–Crippen LogP) is 4.73. The van der Waals surface area contributed by atoms with Crippen molar-refractivity contribution in [3.05, 3.63) is 29.3 Å². The van der Waals surface area contributed by atoms with Crippen LogP contribution in [-0.4, -0.2) is 13.2 Å². The quantitative estimate of drug-likeness (QED) is 0.706. The fraction of sp³-hybridized carbons (Fsp3) is 0.400. The second kappa shape index (κ2) is 7.00. The lowest BCUT2D eigenvalue weighted by Gasteiger charge is -2.19. The summed E-state index contributed by atoms with van der Waals surface area (Å²) in [4.78, 5) is 1.02. The first-order valence-corrected chi connectivity index (χ1v) is 9.37. The maximum atomic E-state index is 5.82. The highest BCUT2D eigenvalue weighted by atomic mass is 35.5. The number of benzene rings is 1. The standard InChI is InChI=1S/C10H14ClO2PS2/c1-3-12-14(15,13-4-2)16-10-7-5-9(11)6-8-10/h5-8H,3-4H2,1-2H3. The van der Waals surface area contributed by atoms with Crippen LogP contribution in [0.25, 0.3) is 0 Å². The summed E-state index contributed by atoms with van der Waals surface area (Å²) in [5, 5.41) is 0.713. The lowest BCUT2D eigenvalue weighted by atomic mass is 10.4. The molecule has 1 aromatic carbocycles. The van der Waals surface area contributed by atoms with Crippen molar-refractivity contribution in [2.75, 3.05) is 13.2 Å². The van der Waals surface area contributed by atoms with Crippen LogP contribution in [0, 0.1) is 0 Å². The summed E-state index contributed by atoms with van der Waals surface area (Å²) >= 11 is 12.7. The van der Waals surface area contributed by atoms with E-state index in [1.807, 2.05) is 38.1 Å². The molecule has 0 aliphatic heterocycles. The highest BCUT2D eigenvalue weighted by Gasteiger charge is 2.19. The molecule has 2 nitrogen and oxygen atoms in total. The molecule has 0 saturated heterocycles. The van der Waals surface area contributed by atoms with Crippen molar-refractivity contribution in [3.63, 3.8) is 0 Å². The van der Waals surface area contributed by atoms with Crippen molar-refractivity contribution in [2.45, 2.75) is 18.7 Å². The Balaban J connectivity index is 2.75. The predicted molar refractivity (Wildman–Crippen MR) is 74.8 cm³/mol. The first-order chi connectivity index (χ1) is 7.59. The van der Waals surface area contributed by atoms with Crippen LogP contribution < -0.4 is 0 Å². The number of halogens is 1. The third-order valence-corrected chi connectivity index (χ3v) is 6.95. The summed E-state index contributed by atoms with van der Waals surface area (Å²) in [6.07, 6.45) is 0. The summed E-state index contributed by atoms with van der Waals surface area (Å²) < 4.78 is 11.1. The molecule has 0 aliphatic rings. The van der Waals surface area contributed by atoms with Gasteiger partial charge in [-0.25, -0.2) is 0 Å². The van der Waals surface area contributed by atoms with Crippen molar-refractivity contribution in [1.29, 1.82) is 0 Å². The molecule has 0 atom stereocenters. The van der Waals surface area contributed by atoms with Gasteiger partial charge in [0.2, 0.25) is 0 Å². The molecule has 0 N–H and O–H groups in total. The molecule has 0 heterocycles. The fourth-order valence-corrected chi connectivity index (χ4v) is 5.98. The average molecular weight is 297 g/mol. The maximum Gasteiger partial charge on any atom is 0.252 e. The molecule has 6 heteroatoms. The SMILES string of the molecule is CCOP(=S)(OCC)Sc1ccc(Cl)cc1. The van der Waals surface area contributed by atoms with Crippen molar-refractivity contribution in [3.8, 4) is 0 Å². The van der Waals surface area contributed by atoms with Gasteiger partial charge in [0.15, 0.2) is 0 Å². The molecule has 1 aromatic rings. The van der Waals surface area contributed by atoms with E-state index in [-0.39, 0.29) is 0 Å². The molecule has 16 heavy (non-hydrogen) atoms. The molecule has 0 spiro atoms. The number of hydrogen-bond donors (Lipinski definition) is 0. The topological polar surface area (TPSA) is 18.5 Å². The van der Waals surface area contributed by atoms with Crippen molar-refractivity contribution in [2.24, 2.45) is 0 Å². The van der Waals surface area contributed by atoms with Gasteiger partial charge in [-0.3, -0.25) is 0 Å². The van der Waals surface area contributed by atoms with Gasteiger partial charge in [0, 0.05) is 9.92 Å². The molecular formula is C10H14ClO2PS2. The zero-order valence-electron chi connectivity index (χ0n) is 9.18. The van der Waals surface area contributed by atoms with Crippen molar-refractivity contribution in [1.82, 2.24) is 0 Å². The van der Waals surface area contributed by atoms with E-state index in [1.165, 1.54) is 11.4 Å². The smallest absolute Gasteiger partial charge is 0.252 e. The Morgan fingerprint density at radius 2 is 1.69 bits per heavy atom. The maximum absolute atomic E-state index is 5.82. The van der Waals surface area contributed by atoms with Gasteiger partial charge in [0.1, 0.15) is 0 Å². The molecule has 0 fully saturated rings. The van der Waals surface area contributed by atoms with Crippen LogP contribution in [0.4, 0.5) is 0 Å². The second-order valence-corrected chi connectivity index (χ2v) is 9.45. The Kier molecular flexibility index (Phi) is 6.34. The molecule has 0 bridgehead atoms. The van der Waals surface area contributed by atoms with Crippen LogP contribution in [-0.2, 0) is 20.9 Å². The third kappa shape index (κ3) is 4.74. The van der Waals surface area contributed by atoms with Crippen LogP contribution in [0.15, 0.2) is 29.2 Å². The first kappa shape index (κ1) is 14.5. The second-order valence-electron chi connectivity index (χ2n) is 2.83. The minimum absolute atomic E-state index is 0.567. The normalized spacial score (nSPS) is 11.7. The van der Waals surface area contributed by atoms with Crippen LogP contribution >= 0.6 is 28.7 Å². The molecule has 0 saturated carbocycles. The lowest BCUT2D eigenvalue weighted by Crippen LogP contribution is -1.91. The number of hydrogen-bond acceptors (Lipinski definition) is 4. The van der Waals surface area contributed by atoms with Gasteiger partial charge >= 0.3 is 0 Å². The largest absolute Gasteiger partial charge is 0.322 e. The minimum atomic E-state index is -2.25. The van der Waals surface area contributed by atoms with Crippen molar-refractivity contribution < 1.29 is 9.05 Å². The summed E-state index contributed by atoms with van der Waals surface area (Å²) in [6.45, 7) is 4.97. The van der Waals surface area contributed by atoms with Gasteiger partial charge in [-0.2, -0.15) is 0 Å². The van der Waals surface area contributed by atoms with E-state index in [4.69, 9.17) is 32.5 Å². The van der Waals surface area contributed by atoms with E-state index in [0.29, 0.717) is 18.2 Å². The first-order valence-electron chi connectivity index (χ1n) is 4.94. The Morgan fingerprint density at radius 1 is 1.19 bits per heavy atom. The highest BCUT2D eigenvalue weighted by molar-refractivity contribution is 8.67. The van der Waals surface area contributed by atoms with Crippen LogP contribution in [0.3, 0.4) is 0 Å². The Labute approximate surface area is 111 Å². The van der Waals surface area contributed by atoms with Gasteiger partial charge in [0.25, 0.3) is 5.69 Å². The van der Waals surface area contributed by atoms with E-state index in [2.05, 4.69) is 0 Å². The summed E-state index contributed by atoms with van der Waals surface area (Å²) in [7, 11) is 0. The lowest BCUT2D eigenvalue weighted by molar-refractivity contribution is 0.280. The zero-order chi connectivity index (χ0) is 12.0. The van der Waals surface area contributed by atoms with Crippen LogP contribution in [0.5, 0.6) is 0 Å². The van der Waals surface area contributed by atoms with E-state index in [0.717, 1.165) is 4.90 Å². The molecule has 90 valence electrons. The molecule has 1 rings (SSSR count). The summed E-state index contributed by atoms with van der Waals surface area (Å²) in [5.41, 5.74) is -2.25. The molecule has 0 aliphatic carbocycles. The van der Waals surface area contributed by atoms with E-state index >= 15 is 0 Å². The van der Waals surface area contributed by atoms with Crippen LogP contribution in [0.2, 0.25) is 5.02 Å². The summed E-state index contributed by atoms with van der Waals surface area (Å²) in [6, 6.07) is 7.51. The monoisotopic (exact) mass is 296 g/mol. The van der Waals surface area contributed by atoms with Gasteiger partial charge in [-0.05, 0) is 61.3 Å². The number of rotatable bonds is 6. The van der Waals surface area contributed by atoms with Gasteiger partial charge in [-0.15, -0.1) is 0 Å². The molecule has 0 amide bonds. The molecule has 0 unspecified atom stereocenters. The highest BCUT2D eigenvalue weighted by Crippen LogP contribution is 2.63. The van der Waals surface area contributed by atoms with Crippen molar-refractivity contribution >= 4 is 40.5 Å². The Hall–Kier alpha value is 0.430. The molecular weight excluding hydrogens is 283 g/mol. The van der Waals surface area contributed by atoms with Gasteiger partial charge in [0.05, 0.1) is 13.2 Å².